The summed E-state index contributed by atoms with van der Waals surface area (Å²) in [6.45, 7) is 2.73. The van der Waals surface area contributed by atoms with Crippen LogP contribution >= 0.6 is 23.4 Å². The Morgan fingerprint density at radius 2 is 2.08 bits per heavy atom. The van der Waals surface area contributed by atoms with Gasteiger partial charge < -0.3 is 10.3 Å². The first-order valence-corrected chi connectivity index (χ1v) is 9.08. The summed E-state index contributed by atoms with van der Waals surface area (Å²) in [5.74, 6) is 0.615. The molecule has 0 saturated carbocycles. The van der Waals surface area contributed by atoms with Crippen molar-refractivity contribution in [2.24, 2.45) is 0 Å². The van der Waals surface area contributed by atoms with E-state index in [9.17, 15) is 4.79 Å². The minimum absolute atomic E-state index is 0.00118. The average Bonchev–Trinajstić information content (AvgIpc) is 3.00. The number of rotatable bonds is 6. The fourth-order valence-electron chi connectivity index (χ4n) is 2.38. The zero-order valence-electron chi connectivity index (χ0n) is 13.3. The normalized spacial score (nSPS) is 12.2. The number of H-pyrrole nitrogens is 1. The van der Waals surface area contributed by atoms with Crippen LogP contribution in [0.4, 0.5) is 0 Å². The van der Waals surface area contributed by atoms with E-state index in [0.717, 1.165) is 16.2 Å². The molecule has 0 fully saturated rings. The number of hydrogen-bond donors (Lipinski definition) is 2. The number of halogens is 1. The monoisotopic (exact) mass is 359 g/mol. The first-order chi connectivity index (χ1) is 11.6. The first kappa shape index (κ1) is 16.9. The van der Waals surface area contributed by atoms with Crippen LogP contribution in [0.1, 0.15) is 18.4 Å². The lowest BCUT2D eigenvalue weighted by Gasteiger charge is -2.12. The molecule has 24 heavy (non-hydrogen) atoms. The molecule has 0 radical (unpaired) electrons. The van der Waals surface area contributed by atoms with Gasteiger partial charge in [0.05, 0.1) is 16.8 Å². The van der Waals surface area contributed by atoms with Crippen molar-refractivity contribution < 1.29 is 4.79 Å². The van der Waals surface area contributed by atoms with Crippen molar-refractivity contribution in [3.05, 3.63) is 59.1 Å². The van der Waals surface area contributed by atoms with Crippen LogP contribution in [-0.4, -0.2) is 28.2 Å². The Hall–Kier alpha value is -1.98. The molecule has 0 aliphatic rings. The summed E-state index contributed by atoms with van der Waals surface area (Å²) in [6.07, 6.45) is 0. The van der Waals surface area contributed by atoms with Crippen LogP contribution in [0.25, 0.3) is 11.0 Å². The quantitative estimate of drug-likeness (QED) is 0.647. The Kier molecular flexibility index (Phi) is 5.43. The SMILES string of the molecule is C[C@H](CNC(=O)CSc1nc2ccc(Cl)cc2[nH]1)c1ccccc1. The smallest absolute Gasteiger partial charge is 0.230 e. The summed E-state index contributed by atoms with van der Waals surface area (Å²) in [5.41, 5.74) is 2.95. The predicted octanol–water partition coefficient (Wildman–Crippen LogP) is 4.23. The van der Waals surface area contributed by atoms with E-state index in [1.807, 2.05) is 30.3 Å². The minimum atomic E-state index is 0.00118. The van der Waals surface area contributed by atoms with Crippen molar-refractivity contribution >= 4 is 40.3 Å². The van der Waals surface area contributed by atoms with Crippen LogP contribution < -0.4 is 5.32 Å². The van der Waals surface area contributed by atoms with Gasteiger partial charge in [-0.15, -0.1) is 0 Å². The highest BCUT2D eigenvalue weighted by molar-refractivity contribution is 7.99. The second-order valence-corrected chi connectivity index (χ2v) is 7.01. The summed E-state index contributed by atoms with van der Waals surface area (Å²) >= 11 is 7.34. The Morgan fingerprint density at radius 3 is 2.88 bits per heavy atom. The van der Waals surface area contributed by atoms with E-state index in [1.54, 1.807) is 6.07 Å². The van der Waals surface area contributed by atoms with Gasteiger partial charge in [0.15, 0.2) is 5.16 Å². The number of fused-ring (bicyclic) bond motifs is 1. The molecule has 0 aliphatic heterocycles. The molecule has 0 aliphatic carbocycles. The molecular weight excluding hydrogens is 342 g/mol. The van der Waals surface area contributed by atoms with Crippen LogP contribution in [0.15, 0.2) is 53.7 Å². The molecule has 1 aromatic heterocycles. The van der Waals surface area contributed by atoms with Crippen molar-refractivity contribution in [2.75, 3.05) is 12.3 Å². The van der Waals surface area contributed by atoms with E-state index in [2.05, 4.69) is 34.3 Å². The number of benzene rings is 2. The fourth-order valence-corrected chi connectivity index (χ4v) is 3.27. The second-order valence-electron chi connectivity index (χ2n) is 5.61. The largest absolute Gasteiger partial charge is 0.355 e. The van der Waals surface area contributed by atoms with Gasteiger partial charge in [-0.2, -0.15) is 0 Å². The molecule has 124 valence electrons. The van der Waals surface area contributed by atoms with E-state index in [0.29, 0.717) is 17.3 Å². The number of amides is 1. The minimum Gasteiger partial charge on any atom is -0.355 e. The maximum absolute atomic E-state index is 12.0. The molecule has 3 rings (SSSR count). The number of imidazole rings is 1. The maximum Gasteiger partial charge on any atom is 0.230 e. The molecule has 2 aromatic carbocycles. The lowest BCUT2D eigenvalue weighted by Crippen LogP contribution is -2.29. The molecule has 4 nitrogen and oxygen atoms in total. The van der Waals surface area contributed by atoms with Crippen LogP contribution in [-0.2, 0) is 4.79 Å². The number of carbonyl (C=O) groups excluding carboxylic acids is 1. The molecule has 1 atom stereocenters. The highest BCUT2D eigenvalue weighted by Crippen LogP contribution is 2.22. The molecule has 1 heterocycles. The van der Waals surface area contributed by atoms with Gasteiger partial charge in [0.1, 0.15) is 0 Å². The summed E-state index contributed by atoms with van der Waals surface area (Å²) in [7, 11) is 0. The fraction of sp³-hybridized carbons (Fsp3) is 0.222. The number of nitrogens with one attached hydrogen (secondary N) is 2. The van der Waals surface area contributed by atoms with Crippen LogP contribution in [0.5, 0.6) is 0 Å². The molecule has 0 bridgehead atoms. The number of hydrogen-bond acceptors (Lipinski definition) is 3. The molecular formula is C18H18ClN3OS. The van der Waals surface area contributed by atoms with E-state index < -0.39 is 0 Å². The summed E-state index contributed by atoms with van der Waals surface area (Å²) in [4.78, 5) is 19.6. The van der Waals surface area contributed by atoms with Gasteiger partial charge >= 0.3 is 0 Å². The predicted molar refractivity (Wildman–Crippen MR) is 99.7 cm³/mol. The molecule has 0 spiro atoms. The third-order valence-corrected chi connectivity index (χ3v) is 4.84. The summed E-state index contributed by atoms with van der Waals surface area (Å²) in [5, 5.41) is 4.35. The Balaban J connectivity index is 1.49. The van der Waals surface area contributed by atoms with Gasteiger partial charge in [-0.05, 0) is 29.7 Å². The zero-order chi connectivity index (χ0) is 16.9. The van der Waals surface area contributed by atoms with Gasteiger partial charge in [0.25, 0.3) is 0 Å². The lowest BCUT2D eigenvalue weighted by atomic mass is 10.0. The second kappa shape index (κ2) is 7.73. The van der Waals surface area contributed by atoms with Crippen molar-refractivity contribution in [1.29, 1.82) is 0 Å². The highest BCUT2D eigenvalue weighted by Gasteiger charge is 2.10. The number of thioether (sulfide) groups is 1. The number of aromatic amines is 1. The van der Waals surface area contributed by atoms with E-state index in [-0.39, 0.29) is 11.8 Å². The molecule has 0 unspecified atom stereocenters. The van der Waals surface area contributed by atoms with E-state index >= 15 is 0 Å². The van der Waals surface area contributed by atoms with Crippen LogP contribution in [0.3, 0.4) is 0 Å². The molecule has 2 N–H and O–H groups in total. The molecule has 3 aromatic rings. The Bertz CT molecular complexity index is 835. The lowest BCUT2D eigenvalue weighted by molar-refractivity contribution is -0.118. The molecule has 1 amide bonds. The van der Waals surface area contributed by atoms with Gasteiger partial charge in [-0.1, -0.05) is 60.6 Å². The highest BCUT2D eigenvalue weighted by atomic mass is 35.5. The van der Waals surface area contributed by atoms with Crippen LogP contribution in [0, 0.1) is 0 Å². The summed E-state index contributed by atoms with van der Waals surface area (Å²) in [6, 6.07) is 15.7. The van der Waals surface area contributed by atoms with Gasteiger partial charge in [-0.3, -0.25) is 4.79 Å². The van der Waals surface area contributed by atoms with Crippen molar-refractivity contribution in [3.63, 3.8) is 0 Å². The van der Waals surface area contributed by atoms with Crippen LogP contribution in [0.2, 0.25) is 5.02 Å². The molecule has 0 saturated heterocycles. The number of aromatic nitrogens is 2. The zero-order valence-corrected chi connectivity index (χ0v) is 14.8. The number of nitrogens with zero attached hydrogens (tertiary/aromatic N) is 1. The van der Waals surface area contributed by atoms with Crippen molar-refractivity contribution in [3.8, 4) is 0 Å². The van der Waals surface area contributed by atoms with Gasteiger partial charge in [-0.25, -0.2) is 4.98 Å². The molecule has 6 heteroatoms. The third-order valence-electron chi connectivity index (χ3n) is 3.74. The summed E-state index contributed by atoms with van der Waals surface area (Å²) < 4.78 is 0. The third kappa shape index (κ3) is 4.30. The topological polar surface area (TPSA) is 57.8 Å². The first-order valence-electron chi connectivity index (χ1n) is 7.71. The maximum atomic E-state index is 12.0. The standard InChI is InChI=1S/C18H18ClN3OS/c1-12(13-5-3-2-4-6-13)10-20-17(23)11-24-18-21-15-8-7-14(19)9-16(15)22-18/h2-9,12H,10-11H2,1H3,(H,20,23)(H,21,22)/t12-/m1/s1. The van der Waals surface area contributed by atoms with Crippen molar-refractivity contribution in [1.82, 2.24) is 15.3 Å². The van der Waals surface area contributed by atoms with Gasteiger partial charge in [0.2, 0.25) is 5.91 Å². The van der Waals surface area contributed by atoms with E-state index in [4.69, 9.17) is 11.6 Å². The average molecular weight is 360 g/mol. The number of carbonyl (C=O) groups is 1. The van der Waals surface area contributed by atoms with Crippen molar-refractivity contribution in [2.45, 2.75) is 18.0 Å². The Labute approximate surface area is 150 Å². The Morgan fingerprint density at radius 1 is 1.29 bits per heavy atom. The van der Waals surface area contributed by atoms with E-state index in [1.165, 1.54) is 17.3 Å². The van der Waals surface area contributed by atoms with Gasteiger partial charge in [0, 0.05) is 11.6 Å².